The molecule has 1 fully saturated rings. The average Bonchev–Trinajstić information content (AvgIpc) is 3.21. The van der Waals surface area contributed by atoms with Crippen molar-refractivity contribution in [3.05, 3.63) is 27.3 Å². The number of benzene rings is 1. The molecule has 0 aromatic heterocycles. The van der Waals surface area contributed by atoms with Crippen LogP contribution in [0.1, 0.15) is 43.0 Å². The van der Waals surface area contributed by atoms with E-state index in [2.05, 4.69) is 4.72 Å². The second-order valence-electron chi connectivity index (χ2n) is 5.35. The van der Waals surface area contributed by atoms with Gasteiger partial charge in [-0.1, -0.05) is 19.8 Å². The number of halogens is 1. The zero-order chi connectivity index (χ0) is 15.6. The Morgan fingerprint density at radius 2 is 2.14 bits per heavy atom. The minimum absolute atomic E-state index is 0.00807. The number of sulfonamides is 1. The lowest BCUT2D eigenvalue weighted by Crippen LogP contribution is -2.34. The fraction of sp³-hybridized carbons (Fsp3) is 0.500. The van der Waals surface area contributed by atoms with Gasteiger partial charge in [0.1, 0.15) is 0 Å². The number of carbonyl (C=O) groups is 1. The molecule has 0 heterocycles. The third kappa shape index (κ3) is 4.40. The van der Waals surface area contributed by atoms with Gasteiger partial charge in [0, 0.05) is 9.61 Å². The molecule has 2 N–H and O–H groups in total. The molecule has 0 amide bonds. The third-order valence-electron chi connectivity index (χ3n) is 3.61. The van der Waals surface area contributed by atoms with Gasteiger partial charge >= 0.3 is 5.97 Å². The number of hydrogen-bond donors (Lipinski definition) is 2. The molecule has 0 spiro atoms. The van der Waals surface area contributed by atoms with Crippen LogP contribution in [0.15, 0.2) is 23.1 Å². The molecule has 1 aromatic rings. The van der Waals surface area contributed by atoms with Crippen LogP contribution in [0.2, 0.25) is 0 Å². The highest BCUT2D eigenvalue weighted by Gasteiger charge is 2.28. The summed E-state index contributed by atoms with van der Waals surface area (Å²) in [7, 11) is -3.68. The Hall–Kier alpha value is -0.670. The summed E-state index contributed by atoms with van der Waals surface area (Å²) in [5.41, 5.74) is 0.00807. The van der Waals surface area contributed by atoms with Gasteiger partial charge < -0.3 is 5.11 Å². The molecule has 1 aliphatic carbocycles. The van der Waals surface area contributed by atoms with Crippen LogP contribution in [0.5, 0.6) is 0 Å². The van der Waals surface area contributed by atoms with E-state index in [1.54, 1.807) is 0 Å². The van der Waals surface area contributed by atoms with Crippen molar-refractivity contribution >= 4 is 38.6 Å². The first kappa shape index (κ1) is 16.7. The van der Waals surface area contributed by atoms with Crippen LogP contribution in [0.4, 0.5) is 0 Å². The summed E-state index contributed by atoms with van der Waals surface area (Å²) >= 11 is 1.88. The van der Waals surface area contributed by atoms with Crippen molar-refractivity contribution in [2.75, 3.05) is 0 Å². The van der Waals surface area contributed by atoms with E-state index in [9.17, 15) is 13.2 Å². The summed E-state index contributed by atoms with van der Waals surface area (Å²) in [4.78, 5) is 11.1. The van der Waals surface area contributed by atoms with E-state index in [0.717, 1.165) is 12.8 Å². The van der Waals surface area contributed by atoms with E-state index in [4.69, 9.17) is 5.11 Å². The van der Waals surface area contributed by atoms with Crippen molar-refractivity contribution in [2.45, 2.75) is 43.5 Å². The minimum Gasteiger partial charge on any atom is -0.478 e. The van der Waals surface area contributed by atoms with Crippen LogP contribution in [-0.4, -0.2) is 25.5 Å². The molecule has 0 aliphatic heterocycles. The van der Waals surface area contributed by atoms with Gasteiger partial charge in [-0.2, -0.15) is 0 Å². The molecule has 0 bridgehead atoms. The van der Waals surface area contributed by atoms with E-state index < -0.39 is 16.0 Å². The molecular weight excluding hydrogens is 405 g/mol. The van der Waals surface area contributed by atoms with Gasteiger partial charge in [-0.25, -0.2) is 17.9 Å². The summed E-state index contributed by atoms with van der Waals surface area (Å²) in [6, 6.07) is 4.09. The van der Waals surface area contributed by atoms with Crippen molar-refractivity contribution in [3.63, 3.8) is 0 Å². The Balaban J connectivity index is 2.21. The molecule has 1 unspecified atom stereocenters. The molecular formula is C14H18INO4S. The van der Waals surface area contributed by atoms with Crippen molar-refractivity contribution in [1.29, 1.82) is 0 Å². The Labute approximate surface area is 138 Å². The summed E-state index contributed by atoms with van der Waals surface area (Å²) < 4.78 is 28.0. The number of rotatable bonds is 7. The zero-order valence-corrected chi connectivity index (χ0v) is 14.6. The molecule has 0 radical (unpaired) electrons. The zero-order valence-electron chi connectivity index (χ0n) is 11.7. The van der Waals surface area contributed by atoms with Crippen LogP contribution in [0.3, 0.4) is 0 Å². The van der Waals surface area contributed by atoms with Crippen molar-refractivity contribution in [2.24, 2.45) is 5.92 Å². The van der Waals surface area contributed by atoms with Gasteiger partial charge in [0.15, 0.2) is 0 Å². The SMILES string of the molecule is CCC(CC1CC1)NS(=O)(=O)c1ccc(I)c(C(=O)O)c1. The smallest absolute Gasteiger partial charge is 0.336 e. The van der Waals surface area contributed by atoms with Gasteiger partial charge in [-0.15, -0.1) is 0 Å². The van der Waals surface area contributed by atoms with Gasteiger partial charge in [-0.3, -0.25) is 0 Å². The predicted molar refractivity (Wildman–Crippen MR) is 87.9 cm³/mol. The number of nitrogens with one attached hydrogen (secondary N) is 1. The summed E-state index contributed by atoms with van der Waals surface area (Å²) in [6.45, 7) is 1.95. The number of aromatic carboxylic acids is 1. The van der Waals surface area contributed by atoms with Crippen molar-refractivity contribution in [3.8, 4) is 0 Å². The average molecular weight is 423 g/mol. The standard InChI is InChI=1S/C14H18INO4S/c1-2-10(7-9-3-4-9)16-21(19,20)11-5-6-13(15)12(8-11)14(17)18/h5-6,8-10,16H,2-4,7H2,1H3,(H,17,18). The third-order valence-corrected chi connectivity index (χ3v) is 6.07. The molecule has 0 saturated heterocycles. The van der Waals surface area contributed by atoms with E-state index in [0.29, 0.717) is 9.49 Å². The van der Waals surface area contributed by atoms with E-state index >= 15 is 0 Å². The summed E-state index contributed by atoms with van der Waals surface area (Å²) in [5, 5.41) is 9.09. The maximum Gasteiger partial charge on any atom is 0.336 e. The van der Waals surface area contributed by atoms with E-state index in [-0.39, 0.29) is 16.5 Å². The van der Waals surface area contributed by atoms with Crippen LogP contribution in [-0.2, 0) is 10.0 Å². The molecule has 1 aliphatic rings. The molecule has 116 valence electrons. The Bertz CT molecular complexity index is 640. The quantitative estimate of drug-likeness (QED) is 0.661. The molecule has 5 nitrogen and oxygen atoms in total. The Morgan fingerprint density at radius 3 is 2.67 bits per heavy atom. The second-order valence-corrected chi connectivity index (χ2v) is 8.23. The highest BCUT2D eigenvalue weighted by atomic mass is 127. The first-order chi connectivity index (χ1) is 9.83. The van der Waals surface area contributed by atoms with Gasteiger partial charge in [0.25, 0.3) is 0 Å². The molecule has 7 heteroatoms. The maximum atomic E-state index is 12.4. The number of hydrogen-bond acceptors (Lipinski definition) is 3. The first-order valence-electron chi connectivity index (χ1n) is 6.88. The van der Waals surface area contributed by atoms with Crippen LogP contribution < -0.4 is 4.72 Å². The fourth-order valence-corrected chi connectivity index (χ4v) is 4.10. The molecule has 2 rings (SSSR count). The van der Waals surface area contributed by atoms with Gasteiger partial charge in [-0.05, 0) is 59.5 Å². The van der Waals surface area contributed by atoms with E-state index in [1.165, 1.54) is 31.0 Å². The van der Waals surface area contributed by atoms with Gasteiger partial charge in [0.2, 0.25) is 10.0 Å². The first-order valence-corrected chi connectivity index (χ1v) is 9.45. The van der Waals surface area contributed by atoms with Crippen LogP contribution in [0.25, 0.3) is 0 Å². The molecule has 21 heavy (non-hydrogen) atoms. The van der Waals surface area contributed by atoms with Crippen molar-refractivity contribution in [1.82, 2.24) is 4.72 Å². The second kappa shape index (κ2) is 6.62. The van der Waals surface area contributed by atoms with Crippen LogP contribution in [0, 0.1) is 9.49 Å². The molecule has 1 aromatic carbocycles. The van der Waals surface area contributed by atoms with Crippen molar-refractivity contribution < 1.29 is 18.3 Å². The maximum absolute atomic E-state index is 12.4. The lowest BCUT2D eigenvalue weighted by Gasteiger charge is -2.17. The lowest BCUT2D eigenvalue weighted by atomic mass is 10.1. The highest BCUT2D eigenvalue weighted by molar-refractivity contribution is 14.1. The Kier molecular flexibility index (Phi) is 5.26. The summed E-state index contributed by atoms with van der Waals surface area (Å²) in [6.07, 6.45) is 3.92. The monoisotopic (exact) mass is 423 g/mol. The van der Waals surface area contributed by atoms with Gasteiger partial charge in [0.05, 0.1) is 10.5 Å². The van der Waals surface area contributed by atoms with Crippen LogP contribution >= 0.6 is 22.6 Å². The highest BCUT2D eigenvalue weighted by Crippen LogP contribution is 2.34. The normalized spacial score (nSPS) is 16.7. The van der Waals surface area contributed by atoms with E-state index in [1.807, 2.05) is 29.5 Å². The molecule has 1 saturated carbocycles. The minimum atomic E-state index is -3.68. The number of carboxylic acid groups (broad SMARTS) is 1. The Morgan fingerprint density at radius 1 is 1.48 bits per heavy atom. The lowest BCUT2D eigenvalue weighted by molar-refractivity contribution is 0.0695. The summed E-state index contributed by atoms with van der Waals surface area (Å²) in [5.74, 6) is -0.495. The fourth-order valence-electron chi connectivity index (χ4n) is 2.18. The largest absolute Gasteiger partial charge is 0.478 e. The topological polar surface area (TPSA) is 83.5 Å². The molecule has 1 atom stereocenters. The number of carboxylic acids is 1. The predicted octanol–water partition coefficient (Wildman–Crippen LogP) is 2.85.